The molecule has 0 aliphatic carbocycles. The van der Waals surface area contributed by atoms with E-state index in [2.05, 4.69) is 9.97 Å². The van der Waals surface area contributed by atoms with Crippen molar-refractivity contribution in [3.05, 3.63) is 62.9 Å². The number of nitrogens with one attached hydrogen (secondary N) is 1. The normalized spacial score (nSPS) is 11.2. The number of carbonyl (C=O) groups is 1. The van der Waals surface area contributed by atoms with Crippen molar-refractivity contribution < 1.29 is 4.79 Å². The van der Waals surface area contributed by atoms with Gasteiger partial charge in [0.1, 0.15) is 5.82 Å². The number of rotatable bonds is 8. The third-order valence-electron chi connectivity index (χ3n) is 5.26. The van der Waals surface area contributed by atoms with E-state index in [0.717, 1.165) is 18.2 Å². The molecule has 8 nitrogen and oxygen atoms in total. The SMILES string of the molecule is CCCCn1c(N)c(N(CCC(C)C)C(=O)c2cccc3cccnc23)c(=O)[nH]c1=O. The van der Waals surface area contributed by atoms with Gasteiger partial charge in [-0.05, 0) is 30.9 Å². The molecular weight excluding hydrogens is 394 g/mol. The number of aromatic nitrogens is 3. The first-order valence-corrected chi connectivity index (χ1v) is 10.6. The second kappa shape index (κ2) is 9.59. The number of nitrogen functional groups attached to an aromatic ring is 1. The summed E-state index contributed by atoms with van der Waals surface area (Å²) in [5, 5.41) is 0.826. The highest BCUT2D eigenvalue weighted by atomic mass is 16.2. The quantitative estimate of drug-likeness (QED) is 0.578. The second-order valence-corrected chi connectivity index (χ2v) is 8.02. The fourth-order valence-corrected chi connectivity index (χ4v) is 3.50. The van der Waals surface area contributed by atoms with E-state index >= 15 is 0 Å². The minimum Gasteiger partial charge on any atom is -0.383 e. The molecule has 0 spiro atoms. The summed E-state index contributed by atoms with van der Waals surface area (Å²) in [6, 6.07) is 9.04. The van der Waals surface area contributed by atoms with Crippen molar-refractivity contribution in [3.63, 3.8) is 0 Å². The van der Waals surface area contributed by atoms with E-state index in [1.165, 1.54) is 9.47 Å². The van der Waals surface area contributed by atoms with Crippen LogP contribution in [0.2, 0.25) is 0 Å². The van der Waals surface area contributed by atoms with E-state index in [0.29, 0.717) is 36.5 Å². The number of hydrogen-bond acceptors (Lipinski definition) is 5. The van der Waals surface area contributed by atoms with Gasteiger partial charge in [0.2, 0.25) is 0 Å². The summed E-state index contributed by atoms with van der Waals surface area (Å²) in [7, 11) is 0. The molecule has 0 aliphatic heterocycles. The van der Waals surface area contributed by atoms with Crippen LogP contribution in [0, 0.1) is 5.92 Å². The van der Waals surface area contributed by atoms with Crippen LogP contribution in [0.15, 0.2) is 46.1 Å². The molecule has 0 unspecified atom stereocenters. The summed E-state index contributed by atoms with van der Waals surface area (Å²) >= 11 is 0. The Morgan fingerprint density at radius 2 is 1.97 bits per heavy atom. The number of anilines is 2. The first-order valence-electron chi connectivity index (χ1n) is 10.6. The number of nitrogens with zero attached hydrogens (tertiary/aromatic N) is 3. The van der Waals surface area contributed by atoms with E-state index in [4.69, 9.17) is 5.73 Å². The minimum atomic E-state index is -0.666. The molecule has 0 radical (unpaired) electrons. The van der Waals surface area contributed by atoms with Crippen LogP contribution in [-0.4, -0.2) is 27.0 Å². The van der Waals surface area contributed by atoms with Crippen molar-refractivity contribution in [1.82, 2.24) is 14.5 Å². The Hall–Kier alpha value is -3.42. The van der Waals surface area contributed by atoms with Crippen molar-refractivity contribution in [2.45, 2.75) is 46.6 Å². The van der Waals surface area contributed by atoms with E-state index < -0.39 is 11.2 Å². The van der Waals surface area contributed by atoms with Gasteiger partial charge < -0.3 is 10.6 Å². The van der Waals surface area contributed by atoms with Gasteiger partial charge in [0.05, 0.1) is 11.1 Å². The Morgan fingerprint density at radius 3 is 2.68 bits per heavy atom. The molecule has 0 bridgehead atoms. The number of H-pyrrole nitrogens is 1. The average Bonchev–Trinajstić information content (AvgIpc) is 2.74. The van der Waals surface area contributed by atoms with Crippen molar-refractivity contribution >= 4 is 28.3 Å². The maximum atomic E-state index is 13.7. The smallest absolute Gasteiger partial charge is 0.330 e. The Labute approximate surface area is 180 Å². The van der Waals surface area contributed by atoms with Gasteiger partial charge in [-0.1, -0.05) is 45.4 Å². The van der Waals surface area contributed by atoms with E-state index in [1.54, 1.807) is 24.4 Å². The first-order chi connectivity index (χ1) is 14.8. The van der Waals surface area contributed by atoms with Crippen LogP contribution in [0.4, 0.5) is 11.5 Å². The highest BCUT2D eigenvalue weighted by Crippen LogP contribution is 2.24. The van der Waals surface area contributed by atoms with Crippen LogP contribution in [0.5, 0.6) is 0 Å². The second-order valence-electron chi connectivity index (χ2n) is 8.02. The molecule has 0 atom stereocenters. The van der Waals surface area contributed by atoms with Gasteiger partial charge in [-0.15, -0.1) is 0 Å². The highest BCUT2D eigenvalue weighted by Gasteiger charge is 2.26. The molecule has 1 aromatic carbocycles. The predicted octanol–water partition coefficient (Wildman–Crippen LogP) is 3.16. The standard InChI is InChI=1S/C23H29N5O3/c1-4-5-13-28-20(24)19(21(29)26-23(28)31)27(14-11-15(2)3)22(30)17-10-6-8-16-9-7-12-25-18(16)17/h6-10,12,15H,4-5,11,13-14,24H2,1-3H3,(H,26,29,31). The number of aromatic amines is 1. The summed E-state index contributed by atoms with van der Waals surface area (Å²) < 4.78 is 1.33. The van der Waals surface area contributed by atoms with Crippen molar-refractivity contribution in [2.75, 3.05) is 17.2 Å². The van der Waals surface area contributed by atoms with Gasteiger partial charge in [-0.2, -0.15) is 0 Å². The molecule has 3 aromatic rings. The maximum absolute atomic E-state index is 13.7. The van der Waals surface area contributed by atoms with E-state index in [1.807, 2.05) is 32.9 Å². The largest absolute Gasteiger partial charge is 0.383 e. The summed E-state index contributed by atoms with van der Waals surface area (Å²) in [4.78, 5) is 46.9. The molecular formula is C23H29N5O3. The number of pyridine rings is 1. The van der Waals surface area contributed by atoms with Gasteiger partial charge in [-0.3, -0.25) is 24.1 Å². The zero-order valence-electron chi connectivity index (χ0n) is 18.2. The van der Waals surface area contributed by atoms with Crippen LogP contribution in [0.25, 0.3) is 10.9 Å². The van der Waals surface area contributed by atoms with Crippen molar-refractivity contribution in [1.29, 1.82) is 0 Å². The lowest BCUT2D eigenvalue weighted by molar-refractivity contribution is 0.0987. The summed E-state index contributed by atoms with van der Waals surface area (Å²) in [6.07, 6.45) is 3.88. The van der Waals surface area contributed by atoms with E-state index in [9.17, 15) is 14.4 Å². The third kappa shape index (κ3) is 4.68. The Morgan fingerprint density at radius 1 is 1.23 bits per heavy atom. The molecule has 3 N–H and O–H groups in total. The molecule has 3 rings (SSSR count). The lowest BCUT2D eigenvalue weighted by Gasteiger charge is -2.25. The lowest BCUT2D eigenvalue weighted by atomic mass is 10.1. The monoisotopic (exact) mass is 423 g/mol. The van der Waals surface area contributed by atoms with Crippen molar-refractivity contribution in [3.8, 4) is 0 Å². The van der Waals surface area contributed by atoms with Gasteiger partial charge in [0.25, 0.3) is 11.5 Å². The van der Waals surface area contributed by atoms with E-state index in [-0.39, 0.29) is 17.4 Å². The molecule has 2 aromatic heterocycles. The van der Waals surface area contributed by atoms with Crippen molar-refractivity contribution in [2.24, 2.45) is 5.92 Å². The predicted molar refractivity (Wildman–Crippen MR) is 124 cm³/mol. The number of benzene rings is 1. The minimum absolute atomic E-state index is 0.00695. The molecule has 0 saturated carbocycles. The Kier molecular flexibility index (Phi) is 6.89. The zero-order valence-corrected chi connectivity index (χ0v) is 18.2. The number of amides is 1. The number of fused-ring (bicyclic) bond motifs is 1. The number of unbranched alkanes of at least 4 members (excludes halogenated alkanes) is 1. The van der Waals surface area contributed by atoms with Crippen LogP contribution >= 0.6 is 0 Å². The fraction of sp³-hybridized carbons (Fsp3) is 0.391. The van der Waals surface area contributed by atoms with Gasteiger partial charge >= 0.3 is 5.69 Å². The summed E-state index contributed by atoms with van der Waals surface area (Å²) in [5.74, 6) is -0.0670. The summed E-state index contributed by atoms with van der Waals surface area (Å²) in [5.41, 5.74) is 6.01. The lowest BCUT2D eigenvalue weighted by Crippen LogP contribution is -2.42. The van der Waals surface area contributed by atoms with Gasteiger partial charge in [0.15, 0.2) is 5.69 Å². The molecule has 0 saturated heterocycles. The maximum Gasteiger partial charge on any atom is 0.330 e. The highest BCUT2D eigenvalue weighted by molar-refractivity contribution is 6.13. The van der Waals surface area contributed by atoms with Crippen LogP contribution in [0.3, 0.4) is 0 Å². The Bertz CT molecular complexity index is 1190. The molecule has 8 heteroatoms. The summed E-state index contributed by atoms with van der Waals surface area (Å²) in [6.45, 7) is 6.74. The molecule has 0 aliphatic rings. The van der Waals surface area contributed by atoms with Crippen LogP contribution in [-0.2, 0) is 6.54 Å². The molecule has 1 amide bonds. The zero-order chi connectivity index (χ0) is 22.5. The average molecular weight is 424 g/mol. The van der Waals surface area contributed by atoms with Crippen LogP contribution < -0.4 is 21.9 Å². The number of para-hydroxylation sites is 1. The molecule has 164 valence electrons. The Balaban J connectivity index is 2.17. The topological polar surface area (TPSA) is 114 Å². The first kappa shape index (κ1) is 22.3. The van der Waals surface area contributed by atoms with Gasteiger partial charge in [0, 0.05) is 24.7 Å². The number of hydrogen-bond donors (Lipinski definition) is 2. The fourth-order valence-electron chi connectivity index (χ4n) is 3.50. The van der Waals surface area contributed by atoms with Crippen LogP contribution in [0.1, 0.15) is 50.4 Å². The third-order valence-corrected chi connectivity index (χ3v) is 5.26. The van der Waals surface area contributed by atoms with Gasteiger partial charge in [-0.25, -0.2) is 4.79 Å². The molecule has 0 fully saturated rings. The molecule has 2 heterocycles. The number of nitrogens with two attached hydrogens (primary N) is 1. The number of carbonyl (C=O) groups excluding carboxylic acids is 1. The molecule has 31 heavy (non-hydrogen) atoms.